The summed E-state index contributed by atoms with van der Waals surface area (Å²) in [5.41, 5.74) is 1.30. The Bertz CT molecular complexity index is 1070. The molecule has 192 valence electrons. The summed E-state index contributed by atoms with van der Waals surface area (Å²) in [6, 6.07) is 13.5. The lowest BCUT2D eigenvalue weighted by Crippen LogP contribution is -2.38. The van der Waals surface area contributed by atoms with Crippen LogP contribution in [0, 0.1) is 0 Å². The topological polar surface area (TPSA) is 88.5 Å². The van der Waals surface area contributed by atoms with Gasteiger partial charge in [-0.1, -0.05) is 19.1 Å². The molecular weight excluding hydrogens is 460 g/mol. The van der Waals surface area contributed by atoms with Crippen LogP contribution < -0.4 is 9.47 Å². The van der Waals surface area contributed by atoms with Crippen LogP contribution in [0.4, 0.5) is 0 Å². The van der Waals surface area contributed by atoms with Gasteiger partial charge in [0.1, 0.15) is 17.3 Å². The molecular formula is C28H34N2O6. The number of nitrogens with zero attached hydrogens (tertiary/aromatic N) is 2. The van der Waals surface area contributed by atoms with Gasteiger partial charge in [-0.15, -0.1) is 0 Å². The average Bonchev–Trinajstić information content (AvgIpc) is 3.17. The summed E-state index contributed by atoms with van der Waals surface area (Å²) in [6.07, 6.45) is 1.60. The third-order valence-corrected chi connectivity index (χ3v) is 6.55. The maximum Gasteiger partial charge on any atom is 0.295 e. The minimum Gasteiger partial charge on any atom is -0.507 e. The van der Waals surface area contributed by atoms with Crippen LogP contribution in [-0.4, -0.2) is 79.7 Å². The number of Topliss-reactive ketones (excluding diaryl/α,β-unsaturated/α-hetero) is 1. The molecule has 0 aromatic heterocycles. The van der Waals surface area contributed by atoms with E-state index < -0.39 is 17.7 Å². The Hall–Kier alpha value is -3.36. The zero-order chi connectivity index (χ0) is 25.5. The van der Waals surface area contributed by atoms with Crippen LogP contribution in [0.3, 0.4) is 0 Å². The van der Waals surface area contributed by atoms with E-state index in [0.29, 0.717) is 49.8 Å². The molecule has 0 aliphatic carbocycles. The van der Waals surface area contributed by atoms with Crippen LogP contribution in [0.1, 0.15) is 36.9 Å². The van der Waals surface area contributed by atoms with E-state index in [4.69, 9.17) is 14.2 Å². The van der Waals surface area contributed by atoms with E-state index in [2.05, 4.69) is 4.90 Å². The SMILES string of the molecule is CCCOc1ccc(/C(O)=C2\C(=O)C(=O)N(CCCN3CCOCC3)[C@@H]2c2ccc(OC)cc2)cc1. The first-order valence-corrected chi connectivity index (χ1v) is 12.5. The van der Waals surface area contributed by atoms with Gasteiger partial charge in [0.25, 0.3) is 11.7 Å². The highest BCUT2D eigenvalue weighted by atomic mass is 16.5. The molecule has 2 saturated heterocycles. The second-order valence-corrected chi connectivity index (χ2v) is 8.95. The predicted octanol–water partition coefficient (Wildman–Crippen LogP) is 3.63. The van der Waals surface area contributed by atoms with E-state index in [9.17, 15) is 14.7 Å². The number of benzene rings is 2. The average molecular weight is 495 g/mol. The second-order valence-electron chi connectivity index (χ2n) is 8.95. The predicted molar refractivity (Wildman–Crippen MR) is 136 cm³/mol. The maximum atomic E-state index is 13.2. The lowest BCUT2D eigenvalue weighted by Gasteiger charge is -2.29. The maximum absolute atomic E-state index is 13.2. The van der Waals surface area contributed by atoms with Crippen molar-refractivity contribution < 1.29 is 28.9 Å². The smallest absolute Gasteiger partial charge is 0.295 e. The van der Waals surface area contributed by atoms with Gasteiger partial charge in [0.2, 0.25) is 0 Å². The fourth-order valence-corrected chi connectivity index (χ4v) is 4.62. The molecule has 0 radical (unpaired) electrons. The van der Waals surface area contributed by atoms with Crippen molar-refractivity contribution in [2.75, 3.05) is 53.1 Å². The van der Waals surface area contributed by atoms with Crippen molar-refractivity contribution in [3.8, 4) is 11.5 Å². The number of hydrogen-bond donors (Lipinski definition) is 1. The fourth-order valence-electron chi connectivity index (χ4n) is 4.62. The molecule has 2 aliphatic heterocycles. The number of rotatable bonds is 10. The van der Waals surface area contributed by atoms with Crippen LogP contribution in [0.15, 0.2) is 54.1 Å². The zero-order valence-electron chi connectivity index (χ0n) is 20.9. The van der Waals surface area contributed by atoms with Crippen LogP contribution in [0.2, 0.25) is 0 Å². The number of aliphatic hydroxyl groups is 1. The van der Waals surface area contributed by atoms with Crippen LogP contribution in [0.25, 0.3) is 5.76 Å². The Kier molecular flexibility index (Phi) is 8.61. The van der Waals surface area contributed by atoms with Gasteiger partial charge in [-0.05, 0) is 54.8 Å². The Labute approximate surface area is 212 Å². The monoisotopic (exact) mass is 494 g/mol. The summed E-state index contributed by atoms with van der Waals surface area (Å²) in [6.45, 7) is 6.96. The summed E-state index contributed by atoms with van der Waals surface area (Å²) in [4.78, 5) is 30.3. The minimum atomic E-state index is -0.684. The number of methoxy groups -OCH3 is 1. The fraction of sp³-hybridized carbons (Fsp3) is 0.429. The Morgan fingerprint density at radius 2 is 1.67 bits per heavy atom. The molecule has 2 aliphatic rings. The normalized spacial score (nSPS) is 20.1. The van der Waals surface area contributed by atoms with E-state index in [-0.39, 0.29) is 11.3 Å². The number of ether oxygens (including phenoxy) is 3. The minimum absolute atomic E-state index is 0.0961. The molecule has 1 N–H and O–H groups in total. The van der Waals surface area contributed by atoms with E-state index in [0.717, 1.165) is 31.6 Å². The second kappa shape index (κ2) is 12.1. The molecule has 0 spiro atoms. The van der Waals surface area contributed by atoms with Crippen molar-refractivity contribution in [2.24, 2.45) is 0 Å². The summed E-state index contributed by atoms with van der Waals surface area (Å²) < 4.78 is 16.3. The van der Waals surface area contributed by atoms with Gasteiger partial charge < -0.3 is 24.2 Å². The molecule has 0 bridgehead atoms. The summed E-state index contributed by atoms with van der Waals surface area (Å²) >= 11 is 0. The number of carbonyl (C=O) groups is 2. The van der Waals surface area contributed by atoms with E-state index in [1.54, 1.807) is 48.4 Å². The van der Waals surface area contributed by atoms with Gasteiger partial charge in [0, 0.05) is 31.7 Å². The van der Waals surface area contributed by atoms with E-state index >= 15 is 0 Å². The lowest BCUT2D eigenvalue weighted by atomic mass is 9.95. The van der Waals surface area contributed by atoms with Gasteiger partial charge >= 0.3 is 0 Å². The van der Waals surface area contributed by atoms with Crippen molar-refractivity contribution in [2.45, 2.75) is 25.8 Å². The van der Waals surface area contributed by atoms with Crippen LogP contribution in [-0.2, 0) is 14.3 Å². The first-order chi connectivity index (χ1) is 17.5. The number of carbonyl (C=O) groups excluding carboxylic acids is 2. The molecule has 36 heavy (non-hydrogen) atoms. The van der Waals surface area contributed by atoms with E-state index in [1.807, 2.05) is 19.1 Å². The van der Waals surface area contributed by atoms with Crippen LogP contribution in [0.5, 0.6) is 11.5 Å². The molecule has 1 atom stereocenters. The number of ketones is 1. The summed E-state index contributed by atoms with van der Waals surface area (Å²) in [5, 5.41) is 11.2. The van der Waals surface area contributed by atoms with Crippen molar-refractivity contribution in [1.29, 1.82) is 0 Å². The molecule has 2 aromatic rings. The quantitative estimate of drug-likeness (QED) is 0.307. The number of likely N-dealkylation sites (tertiary alicyclic amines) is 1. The Morgan fingerprint density at radius 1 is 1.00 bits per heavy atom. The molecule has 2 heterocycles. The van der Waals surface area contributed by atoms with Gasteiger partial charge in [-0.3, -0.25) is 14.5 Å². The van der Waals surface area contributed by atoms with Gasteiger partial charge in [0.05, 0.1) is 38.5 Å². The number of morpholine rings is 1. The van der Waals surface area contributed by atoms with Crippen molar-refractivity contribution in [3.05, 3.63) is 65.2 Å². The number of amides is 1. The highest BCUT2D eigenvalue weighted by molar-refractivity contribution is 6.46. The van der Waals surface area contributed by atoms with Crippen molar-refractivity contribution in [1.82, 2.24) is 9.80 Å². The third-order valence-electron chi connectivity index (χ3n) is 6.55. The number of hydrogen-bond acceptors (Lipinski definition) is 7. The molecule has 4 rings (SSSR count). The lowest BCUT2D eigenvalue weighted by molar-refractivity contribution is -0.140. The van der Waals surface area contributed by atoms with Gasteiger partial charge in [-0.2, -0.15) is 0 Å². The highest BCUT2D eigenvalue weighted by Crippen LogP contribution is 2.40. The molecule has 0 saturated carbocycles. The molecule has 1 amide bonds. The van der Waals surface area contributed by atoms with Gasteiger partial charge in [-0.25, -0.2) is 0 Å². The van der Waals surface area contributed by atoms with Crippen molar-refractivity contribution >= 4 is 17.4 Å². The molecule has 2 aromatic carbocycles. The first kappa shape index (κ1) is 25.7. The Morgan fingerprint density at radius 3 is 2.31 bits per heavy atom. The molecule has 8 nitrogen and oxygen atoms in total. The third kappa shape index (κ3) is 5.71. The summed E-state index contributed by atoms with van der Waals surface area (Å²) in [5.74, 6) is -0.102. The molecule has 2 fully saturated rings. The highest BCUT2D eigenvalue weighted by Gasteiger charge is 2.45. The largest absolute Gasteiger partial charge is 0.507 e. The number of aliphatic hydroxyl groups excluding tert-OH is 1. The van der Waals surface area contributed by atoms with Crippen LogP contribution >= 0.6 is 0 Å². The van der Waals surface area contributed by atoms with Gasteiger partial charge in [0.15, 0.2) is 0 Å². The summed E-state index contributed by atoms with van der Waals surface area (Å²) in [7, 11) is 1.58. The van der Waals surface area contributed by atoms with Crippen molar-refractivity contribution in [3.63, 3.8) is 0 Å². The zero-order valence-corrected chi connectivity index (χ0v) is 20.9. The Balaban J connectivity index is 1.63. The molecule has 8 heteroatoms. The first-order valence-electron chi connectivity index (χ1n) is 12.5. The standard InChI is InChI=1S/C28H34N2O6/c1-3-17-36-23-11-7-21(8-12-23)26(31)24-25(20-5-9-22(34-2)10-6-20)30(28(33)27(24)32)14-4-13-29-15-18-35-19-16-29/h5-12,25,31H,3-4,13-19H2,1-2H3/b26-24+/t25-/m1/s1. The van der Waals surface area contributed by atoms with E-state index in [1.165, 1.54) is 0 Å². The molecule has 0 unspecified atom stereocenters.